The van der Waals surface area contributed by atoms with Crippen molar-refractivity contribution in [3.05, 3.63) is 104 Å². The summed E-state index contributed by atoms with van der Waals surface area (Å²) < 4.78 is 15.6. The van der Waals surface area contributed by atoms with Gasteiger partial charge in [0.2, 0.25) is 0 Å². The van der Waals surface area contributed by atoms with Gasteiger partial charge in [-0.05, 0) is 0 Å². The van der Waals surface area contributed by atoms with Crippen LogP contribution in [0.1, 0.15) is 12.5 Å². The first-order valence-electron chi connectivity index (χ1n) is 10.0. The normalized spacial score (nSPS) is 13.0. The third-order valence-corrected chi connectivity index (χ3v) is 10.4. The molecule has 0 aliphatic rings. The maximum atomic E-state index is 11.5. The minimum absolute atomic E-state index is 0.588. The molecular formula is C26H26O3Te2. The molecule has 160 valence electrons. The number of ether oxygens (including phenoxy) is 2. The van der Waals surface area contributed by atoms with Crippen molar-refractivity contribution in [2.24, 2.45) is 0 Å². The van der Waals surface area contributed by atoms with Crippen LogP contribution >= 0.6 is 0 Å². The van der Waals surface area contributed by atoms with Crippen molar-refractivity contribution in [2.45, 2.75) is 13.0 Å². The van der Waals surface area contributed by atoms with Gasteiger partial charge in [-0.2, -0.15) is 0 Å². The molecular weight excluding hydrogens is 615 g/mol. The molecule has 0 aromatic heterocycles. The van der Waals surface area contributed by atoms with Crippen LogP contribution in [0.3, 0.4) is 0 Å². The van der Waals surface area contributed by atoms with Crippen molar-refractivity contribution in [1.29, 1.82) is 0 Å². The van der Waals surface area contributed by atoms with Crippen LogP contribution in [0.15, 0.2) is 98.4 Å². The first kappa shape index (κ1) is 23.9. The van der Waals surface area contributed by atoms with E-state index in [9.17, 15) is 5.11 Å². The molecule has 0 fully saturated rings. The maximum absolute atomic E-state index is 11.5. The summed E-state index contributed by atoms with van der Waals surface area (Å²) in [5.74, 6) is 0.826. The number of aliphatic hydroxyl groups excluding tert-OH is 1. The fraction of sp³-hybridized carbons (Fsp3) is 0.154. The van der Waals surface area contributed by atoms with Gasteiger partial charge in [0.15, 0.2) is 0 Å². The van der Waals surface area contributed by atoms with E-state index in [-0.39, 0.29) is 0 Å². The van der Waals surface area contributed by atoms with Crippen molar-refractivity contribution in [2.75, 3.05) is 13.7 Å². The second-order valence-corrected chi connectivity index (χ2v) is 13.1. The molecule has 0 bridgehead atoms. The van der Waals surface area contributed by atoms with Gasteiger partial charge < -0.3 is 0 Å². The van der Waals surface area contributed by atoms with Gasteiger partial charge in [0.1, 0.15) is 0 Å². The molecule has 0 saturated heterocycles. The molecule has 0 saturated carbocycles. The van der Waals surface area contributed by atoms with Crippen LogP contribution in [0.2, 0.25) is 0 Å². The fourth-order valence-electron chi connectivity index (χ4n) is 2.73. The van der Waals surface area contributed by atoms with E-state index in [2.05, 4.69) is 54.6 Å². The van der Waals surface area contributed by atoms with Gasteiger partial charge in [-0.3, -0.25) is 0 Å². The summed E-state index contributed by atoms with van der Waals surface area (Å²) >= 11 is -1.51. The van der Waals surface area contributed by atoms with E-state index >= 15 is 0 Å². The van der Waals surface area contributed by atoms with E-state index in [1.807, 2.05) is 43.3 Å². The molecule has 0 spiro atoms. The SMILES string of the molecule is CCO/C=C(/[Te]c1ccccc1)C(O)/C(=C\c1ccc(OC)cc1)[Te]c1ccccc1. The Morgan fingerprint density at radius 1 is 0.839 bits per heavy atom. The molecule has 31 heavy (non-hydrogen) atoms. The van der Waals surface area contributed by atoms with Gasteiger partial charge in [-0.25, -0.2) is 0 Å². The van der Waals surface area contributed by atoms with Crippen LogP contribution < -0.4 is 12.0 Å². The number of methoxy groups -OCH3 is 1. The van der Waals surface area contributed by atoms with Gasteiger partial charge in [-0.1, -0.05) is 0 Å². The Morgan fingerprint density at radius 2 is 1.39 bits per heavy atom. The Hall–Kier alpha value is -1.72. The van der Waals surface area contributed by atoms with Gasteiger partial charge in [0.05, 0.1) is 0 Å². The van der Waals surface area contributed by atoms with E-state index in [0.29, 0.717) is 6.61 Å². The van der Waals surface area contributed by atoms with Crippen LogP contribution in [0.25, 0.3) is 6.08 Å². The molecule has 1 atom stereocenters. The summed E-state index contributed by atoms with van der Waals surface area (Å²) in [4.78, 5) is 0. The van der Waals surface area contributed by atoms with Crippen LogP contribution in [0, 0.1) is 0 Å². The molecule has 3 aromatic rings. The van der Waals surface area contributed by atoms with Crippen molar-refractivity contribution < 1.29 is 14.6 Å². The molecule has 0 heterocycles. The number of rotatable bonds is 10. The summed E-state index contributed by atoms with van der Waals surface area (Å²) in [6.45, 7) is 2.56. The number of hydrogen-bond donors (Lipinski definition) is 1. The number of hydrogen-bond acceptors (Lipinski definition) is 3. The van der Waals surface area contributed by atoms with Crippen LogP contribution in [0.4, 0.5) is 0 Å². The summed E-state index contributed by atoms with van der Waals surface area (Å²) in [7, 11) is 1.67. The summed E-state index contributed by atoms with van der Waals surface area (Å²) in [5, 5.41) is 11.5. The van der Waals surface area contributed by atoms with E-state index < -0.39 is 48.0 Å². The molecule has 3 nitrogen and oxygen atoms in total. The zero-order chi connectivity index (χ0) is 21.9. The molecule has 3 aromatic carbocycles. The quantitative estimate of drug-likeness (QED) is 0.273. The first-order chi connectivity index (χ1) is 15.2. The Balaban J connectivity index is 1.94. The van der Waals surface area contributed by atoms with Crippen molar-refractivity contribution in [1.82, 2.24) is 0 Å². The van der Waals surface area contributed by atoms with E-state index in [4.69, 9.17) is 9.47 Å². The molecule has 0 radical (unpaired) electrons. The zero-order valence-electron chi connectivity index (χ0n) is 17.6. The van der Waals surface area contributed by atoms with E-state index in [0.717, 1.165) is 18.6 Å². The van der Waals surface area contributed by atoms with Crippen LogP contribution in [-0.2, 0) is 4.74 Å². The predicted octanol–water partition coefficient (Wildman–Crippen LogP) is 3.33. The van der Waals surface area contributed by atoms with E-state index in [1.165, 1.54) is 7.22 Å². The number of benzene rings is 3. The Kier molecular flexibility index (Phi) is 10.0. The minimum atomic E-state index is -0.757. The molecule has 0 aliphatic heterocycles. The van der Waals surface area contributed by atoms with Crippen LogP contribution in [0.5, 0.6) is 5.75 Å². The predicted molar refractivity (Wildman–Crippen MR) is 130 cm³/mol. The molecule has 1 N–H and O–H groups in total. The summed E-state index contributed by atoms with van der Waals surface area (Å²) in [6.07, 6.45) is 3.29. The Bertz CT molecular complexity index is 984. The average molecular weight is 642 g/mol. The first-order valence-corrected chi connectivity index (χ1v) is 14.7. The van der Waals surface area contributed by atoms with Gasteiger partial charge in [0, 0.05) is 0 Å². The molecule has 0 aliphatic carbocycles. The van der Waals surface area contributed by atoms with Crippen molar-refractivity contribution in [3.63, 3.8) is 0 Å². The topological polar surface area (TPSA) is 38.7 Å². The Morgan fingerprint density at radius 3 is 1.90 bits per heavy atom. The third kappa shape index (κ3) is 7.73. The van der Waals surface area contributed by atoms with Crippen LogP contribution in [-0.4, -0.2) is 66.8 Å². The molecule has 0 amide bonds. The van der Waals surface area contributed by atoms with Gasteiger partial charge in [0.25, 0.3) is 0 Å². The molecule has 5 heteroatoms. The molecule has 3 rings (SSSR count). The zero-order valence-corrected chi connectivity index (χ0v) is 22.3. The summed E-state index contributed by atoms with van der Waals surface area (Å²) in [6, 6.07) is 28.8. The third-order valence-electron chi connectivity index (χ3n) is 4.29. The Labute approximate surface area is 205 Å². The fourth-order valence-corrected chi connectivity index (χ4v) is 8.93. The molecule has 1 unspecified atom stereocenters. The monoisotopic (exact) mass is 646 g/mol. The summed E-state index contributed by atoms with van der Waals surface area (Å²) in [5.41, 5.74) is 1.06. The van der Waals surface area contributed by atoms with Gasteiger partial charge >= 0.3 is 206 Å². The second kappa shape index (κ2) is 13.0. The average Bonchev–Trinajstić information content (AvgIpc) is 2.82. The van der Waals surface area contributed by atoms with Crippen molar-refractivity contribution in [3.8, 4) is 5.75 Å². The number of aliphatic hydroxyl groups is 1. The standard InChI is InChI=1S/C26H26O3Te2/c1-3-29-19-25(31-23-12-8-5-9-13-23)26(27)24(30-22-10-6-4-7-11-22)18-20-14-16-21(28-2)17-15-20/h4-19,26-27H,3H2,1-2H3/b24-18+,25-19+. The van der Waals surface area contributed by atoms with E-state index in [1.54, 1.807) is 13.4 Å². The second-order valence-electron chi connectivity index (χ2n) is 6.53. The van der Waals surface area contributed by atoms with Gasteiger partial charge in [-0.15, -0.1) is 0 Å². The van der Waals surface area contributed by atoms with Crippen molar-refractivity contribution >= 4 is 55.1 Å².